The van der Waals surface area contributed by atoms with Gasteiger partial charge in [-0.05, 0) is 24.5 Å². The molecule has 0 radical (unpaired) electrons. The quantitative estimate of drug-likeness (QED) is 0.939. The third kappa shape index (κ3) is 2.37. The van der Waals surface area contributed by atoms with Gasteiger partial charge >= 0.3 is 5.97 Å². The second-order valence-corrected chi connectivity index (χ2v) is 5.71. The lowest BCUT2D eigenvalue weighted by Gasteiger charge is -2.10. The van der Waals surface area contributed by atoms with Crippen molar-refractivity contribution in [1.29, 1.82) is 0 Å². The van der Waals surface area contributed by atoms with Gasteiger partial charge in [0.2, 0.25) is 0 Å². The van der Waals surface area contributed by atoms with Crippen molar-refractivity contribution in [2.24, 2.45) is 7.05 Å². The standard InChI is InChI=1S/C16H20N2O3/c1-18-15-11(9-13(19)20)7-8-12(21-2)14(15)17-16(18)10-5-3-4-6-10/h7-8,10H,3-6,9H2,1-2H3,(H,19,20). The van der Waals surface area contributed by atoms with Gasteiger partial charge in [0.05, 0.1) is 19.0 Å². The Kier molecular flexibility index (Phi) is 3.57. The SMILES string of the molecule is COc1ccc(CC(=O)O)c2c1nc(C1CCCC1)n2C. The second kappa shape index (κ2) is 5.39. The summed E-state index contributed by atoms with van der Waals surface area (Å²) in [5.41, 5.74) is 2.46. The van der Waals surface area contributed by atoms with E-state index in [0.717, 1.165) is 35.3 Å². The highest BCUT2D eigenvalue weighted by atomic mass is 16.5. The summed E-state index contributed by atoms with van der Waals surface area (Å²) in [4.78, 5) is 15.9. The Hall–Kier alpha value is -2.04. The summed E-state index contributed by atoms with van der Waals surface area (Å²) in [5.74, 6) is 1.41. The third-order valence-corrected chi connectivity index (χ3v) is 4.39. The van der Waals surface area contributed by atoms with E-state index in [2.05, 4.69) is 4.57 Å². The van der Waals surface area contributed by atoms with E-state index >= 15 is 0 Å². The van der Waals surface area contributed by atoms with Crippen LogP contribution in [0.15, 0.2) is 12.1 Å². The van der Waals surface area contributed by atoms with E-state index in [1.807, 2.05) is 19.2 Å². The minimum atomic E-state index is -0.829. The number of carboxylic acid groups (broad SMARTS) is 1. The third-order valence-electron chi connectivity index (χ3n) is 4.39. The van der Waals surface area contributed by atoms with Crippen LogP contribution in [-0.2, 0) is 18.3 Å². The van der Waals surface area contributed by atoms with Gasteiger partial charge in [-0.1, -0.05) is 18.9 Å². The van der Waals surface area contributed by atoms with Gasteiger partial charge in [0.25, 0.3) is 0 Å². The number of rotatable bonds is 4. The summed E-state index contributed by atoms with van der Waals surface area (Å²) in [7, 11) is 3.60. The van der Waals surface area contributed by atoms with E-state index in [-0.39, 0.29) is 6.42 Å². The number of benzene rings is 1. The van der Waals surface area contributed by atoms with Crippen LogP contribution in [0.5, 0.6) is 5.75 Å². The predicted molar refractivity (Wildman–Crippen MR) is 79.8 cm³/mol. The normalized spacial score (nSPS) is 15.7. The van der Waals surface area contributed by atoms with E-state index < -0.39 is 5.97 Å². The van der Waals surface area contributed by atoms with Crippen LogP contribution in [0.3, 0.4) is 0 Å². The first-order chi connectivity index (χ1) is 10.1. The first-order valence-corrected chi connectivity index (χ1v) is 7.35. The van der Waals surface area contributed by atoms with E-state index in [1.165, 1.54) is 12.8 Å². The average molecular weight is 288 g/mol. The lowest BCUT2D eigenvalue weighted by molar-refractivity contribution is -0.136. The van der Waals surface area contributed by atoms with Gasteiger partial charge in [-0.15, -0.1) is 0 Å². The Balaban J connectivity index is 2.19. The number of carboxylic acids is 1. The Bertz CT molecular complexity index is 684. The molecule has 2 aromatic rings. The summed E-state index contributed by atoms with van der Waals surface area (Å²) >= 11 is 0. The molecule has 1 aliphatic carbocycles. The van der Waals surface area contributed by atoms with Gasteiger partial charge in [0.1, 0.15) is 17.1 Å². The largest absolute Gasteiger partial charge is 0.494 e. The molecule has 1 saturated carbocycles. The Morgan fingerprint density at radius 3 is 2.76 bits per heavy atom. The molecule has 0 aliphatic heterocycles. The molecule has 1 aliphatic rings. The number of hydrogen-bond acceptors (Lipinski definition) is 3. The fourth-order valence-electron chi connectivity index (χ4n) is 3.41. The van der Waals surface area contributed by atoms with Crippen molar-refractivity contribution in [2.45, 2.75) is 38.0 Å². The van der Waals surface area contributed by atoms with Crippen molar-refractivity contribution in [3.05, 3.63) is 23.5 Å². The van der Waals surface area contributed by atoms with E-state index in [0.29, 0.717) is 11.7 Å². The zero-order valence-electron chi connectivity index (χ0n) is 12.4. The van der Waals surface area contributed by atoms with Crippen LogP contribution >= 0.6 is 0 Å². The van der Waals surface area contributed by atoms with Crippen LogP contribution in [0, 0.1) is 0 Å². The molecule has 21 heavy (non-hydrogen) atoms. The van der Waals surface area contributed by atoms with Crippen molar-refractivity contribution in [3.63, 3.8) is 0 Å². The molecular weight excluding hydrogens is 268 g/mol. The topological polar surface area (TPSA) is 64.3 Å². The highest BCUT2D eigenvalue weighted by Gasteiger charge is 2.25. The minimum Gasteiger partial charge on any atom is -0.494 e. The van der Waals surface area contributed by atoms with Crippen molar-refractivity contribution in [3.8, 4) is 5.75 Å². The Morgan fingerprint density at radius 2 is 2.14 bits per heavy atom. The van der Waals surface area contributed by atoms with Crippen LogP contribution in [-0.4, -0.2) is 27.7 Å². The van der Waals surface area contributed by atoms with Crippen LogP contribution in [0.1, 0.15) is 43.0 Å². The van der Waals surface area contributed by atoms with Gasteiger partial charge in [-0.25, -0.2) is 4.98 Å². The minimum absolute atomic E-state index is 0.00410. The lowest BCUT2D eigenvalue weighted by atomic mass is 10.1. The Labute approximate surface area is 123 Å². The van der Waals surface area contributed by atoms with E-state index in [4.69, 9.17) is 14.8 Å². The molecule has 0 unspecified atom stereocenters. The highest BCUT2D eigenvalue weighted by molar-refractivity contribution is 5.88. The fraction of sp³-hybridized carbons (Fsp3) is 0.500. The monoisotopic (exact) mass is 288 g/mol. The van der Waals surface area contributed by atoms with Gasteiger partial charge in [0, 0.05) is 13.0 Å². The average Bonchev–Trinajstić information content (AvgIpc) is 3.07. The molecule has 3 rings (SSSR count). The molecule has 0 amide bonds. The first-order valence-electron chi connectivity index (χ1n) is 7.35. The molecule has 1 heterocycles. The molecule has 0 bridgehead atoms. The van der Waals surface area contributed by atoms with Crippen molar-refractivity contribution < 1.29 is 14.6 Å². The molecule has 1 fully saturated rings. The van der Waals surface area contributed by atoms with Crippen molar-refractivity contribution in [2.75, 3.05) is 7.11 Å². The van der Waals surface area contributed by atoms with Gasteiger partial charge in [-0.2, -0.15) is 0 Å². The zero-order valence-corrected chi connectivity index (χ0v) is 12.4. The maximum atomic E-state index is 11.1. The maximum Gasteiger partial charge on any atom is 0.307 e. The van der Waals surface area contributed by atoms with Crippen LogP contribution in [0.25, 0.3) is 11.0 Å². The molecular formula is C16H20N2O3. The molecule has 1 N–H and O–H groups in total. The number of carbonyl (C=O) groups is 1. The Morgan fingerprint density at radius 1 is 1.43 bits per heavy atom. The molecule has 0 atom stereocenters. The summed E-state index contributed by atoms with van der Waals surface area (Å²) in [6.45, 7) is 0. The molecule has 0 saturated heterocycles. The van der Waals surface area contributed by atoms with Gasteiger partial charge < -0.3 is 14.4 Å². The number of fused-ring (bicyclic) bond motifs is 1. The van der Waals surface area contributed by atoms with Crippen LogP contribution in [0.4, 0.5) is 0 Å². The number of hydrogen-bond donors (Lipinski definition) is 1. The molecule has 1 aromatic heterocycles. The number of aliphatic carboxylic acids is 1. The van der Waals surface area contributed by atoms with Crippen molar-refractivity contribution in [1.82, 2.24) is 9.55 Å². The number of imidazole rings is 1. The van der Waals surface area contributed by atoms with Gasteiger partial charge in [-0.3, -0.25) is 4.79 Å². The van der Waals surface area contributed by atoms with Crippen LogP contribution in [0.2, 0.25) is 0 Å². The zero-order chi connectivity index (χ0) is 15.0. The number of ether oxygens (including phenoxy) is 1. The number of aromatic nitrogens is 2. The highest BCUT2D eigenvalue weighted by Crippen LogP contribution is 2.37. The maximum absolute atomic E-state index is 11.1. The van der Waals surface area contributed by atoms with Crippen LogP contribution < -0.4 is 4.74 Å². The van der Waals surface area contributed by atoms with Crippen molar-refractivity contribution >= 4 is 17.0 Å². The van der Waals surface area contributed by atoms with E-state index in [9.17, 15) is 4.79 Å². The number of aryl methyl sites for hydroxylation is 1. The second-order valence-electron chi connectivity index (χ2n) is 5.71. The first kappa shape index (κ1) is 13.9. The van der Waals surface area contributed by atoms with Gasteiger partial charge in [0.15, 0.2) is 0 Å². The molecule has 112 valence electrons. The van der Waals surface area contributed by atoms with E-state index in [1.54, 1.807) is 7.11 Å². The summed E-state index contributed by atoms with van der Waals surface area (Å²) in [6, 6.07) is 3.64. The molecule has 1 aromatic carbocycles. The summed E-state index contributed by atoms with van der Waals surface area (Å²) < 4.78 is 7.46. The molecule has 5 heteroatoms. The molecule has 0 spiro atoms. The molecule has 5 nitrogen and oxygen atoms in total. The summed E-state index contributed by atoms with van der Waals surface area (Å²) in [6.07, 6.45) is 4.81. The number of nitrogens with zero attached hydrogens (tertiary/aromatic N) is 2. The lowest BCUT2D eigenvalue weighted by Crippen LogP contribution is -2.05. The summed E-state index contributed by atoms with van der Waals surface area (Å²) in [5, 5.41) is 9.10. The smallest absolute Gasteiger partial charge is 0.307 e. The fourth-order valence-corrected chi connectivity index (χ4v) is 3.41. The number of methoxy groups -OCH3 is 1. The predicted octanol–water partition coefficient (Wildman–Crippen LogP) is 2.87.